The van der Waals surface area contributed by atoms with Gasteiger partial charge in [-0.1, -0.05) is 11.6 Å². The van der Waals surface area contributed by atoms with E-state index in [2.05, 4.69) is 5.32 Å². The molecule has 1 amide bonds. The Morgan fingerprint density at radius 2 is 2.22 bits per heavy atom. The van der Waals surface area contributed by atoms with Crippen LogP contribution in [0.3, 0.4) is 0 Å². The van der Waals surface area contributed by atoms with Crippen molar-refractivity contribution < 1.29 is 13.9 Å². The minimum Gasteiger partial charge on any atom is -0.444 e. The fourth-order valence-electron chi connectivity index (χ4n) is 2.56. The van der Waals surface area contributed by atoms with E-state index in [1.165, 1.54) is 6.07 Å². The van der Waals surface area contributed by atoms with E-state index < -0.39 is 17.5 Å². The second-order valence-electron chi connectivity index (χ2n) is 6.79. The molecule has 2 rings (SSSR count). The third-order valence-electron chi connectivity index (χ3n) is 3.65. The number of amides is 1. The number of nitrogen functional groups attached to an aromatic ring is 1. The molecule has 1 fully saturated rings. The second kappa shape index (κ2) is 6.83. The quantitative estimate of drug-likeness (QED) is 0.825. The number of hydrogen-bond donors (Lipinski definition) is 2. The molecule has 0 radical (unpaired) electrons. The average molecular weight is 344 g/mol. The van der Waals surface area contributed by atoms with Crippen LogP contribution in [0.25, 0.3) is 0 Å². The Hall–Kier alpha value is -1.69. The first-order valence-electron chi connectivity index (χ1n) is 7.62. The minimum absolute atomic E-state index is 0.0427. The van der Waals surface area contributed by atoms with Crippen LogP contribution in [0.4, 0.5) is 20.6 Å². The van der Waals surface area contributed by atoms with E-state index in [0.717, 1.165) is 13.0 Å². The zero-order chi connectivity index (χ0) is 17.2. The van der Waals surface area contributed by atoms with Crippen LogP contribution in [-0.4, -0.2) is 31.3 Å². The van der Waals surface area contributed by atoms with Gasteiger partial charge in [-0.3, -0.25) is 0 Å². The monoisotopic (exact) mass is 343 g/mol. The van der Waals surface area contributed by atoms with Gasteiger partial charge in [0.25, 0.3) is 0 Å². The molecule has 1 aliphatic heterocycles. The predicted molar refractivity (Wildman–Crippen MR) is 90.4 cm³/mol. The summed E-state index contributed by atoms with van der Waals surface area (Å²) in [6, 6.07) is 3.24. The summed E-state index contributed by atoms with van der Waals surface area (Å²) in [5, 5.41) is 2.82. The lowest BCUT2D eigenvalue weighted by molar-refractivity contribution is 0.0520. The van der Waals surface area contributed by atoms with Crippen LogP contribution >= 0.6 is 11.6 Å². The number of hydrogen-bond acceptors (Lipinski definition) is 4. The number of ether oxygens (including phenoxy) is 1. The summed E-state index contributed by atoms with van der Waals surface area (Å²) in [5.74, 6) is -0.321. The molecule has 3 N–H and O–H groups in total. The first-order chi connectivity index (χ1) is 10.7. The molecule has 1 aromatic rings. The number of nitrogens with zero attached hydrogens (tertiary/aromatic N) is 1. The van der Waals surface area contributed by atoms with Gasteiger partial charge in [-0.25, -0.2) is 9.18 Å². The number of rotatable bonds is 3. The van der Waals surface area contributed by atoms with Gasteiger partial charge in [-0.15, -0.1) is 0 Å². The first-order valence-corrected chi connectivity index (χ1v) is 8.00. The highest BCUT2D eigenvalue weighted by Gasteiger charge is 2.26. The highest BCUT2D eigenvalue weighted by atomic mass is 35.5. The summed E-state index contributed by atoms with van der Waals surface area (Å²) < 4.78 is 19.0. The molecule has 1 atom stereocenters. The Labute approximate surface area is 140 Å². The fourth-order valence-corrected chi connectivity index (χ4v) is 2.85. The van der Waals surface area contributed by atoms with Crippen LogP contribution in [-0.2, 0) is 4.74 Å². The number of anilines is 2. The van der Waals surface area contributed by atoms with Crippen molar-refractivity contribution in [3.63, 3.8) is 0 Å². The summed E-state index contributed by atoms with van der Waals surface area (Å²) >= 11 is 6.04. The molecule has 0 spiro atoms. The maximum atomic E-state index is 13.8. The normalized spacial score (nSPS) is 18.1. The summed E-state index contributed by atoms with van der Waals surface area (Å²) in [6.45, 7) is 7.42. The van der Waals surface area contributed by atoms with Gasteiger partial charge in [-0.05, 0) is 45.2 Å². The van der Waals surface area contributed by atoms with Gasteiger partial charge in [0.1, 0.15) is 10.6 Å². The zero-order valence-corrected chi connectivity index (χ0v) is 14.4. The number of carbonyl (C=O) groups is 1. The Morgan fingerprint density at radius 1 is 1.52 bits per heavy atom. The van der Waals surface area contributed by atoms with E-state index >= 15 is 0 Å². The molecule has 128 valence electrons. The second-order valence-corrected chi connectivity index (χ2v) is 7.16. The van der Waals surface area contributed by atoms with Crippen molar-refractivity contribution in [3.8, 4) is 0 Å². The molecular weight excluding hydrogens is 321 g/mol. The van der Waals surface area contributed by atoms with Gasteiger partial charge < -0.3 is 20.7 Å². The summed E-state index contributed by atoms with van der Waals surface area (Å²) in [6.07, 6.45) is 0.463. The van der Waals surface area contributed by atoms with Gasteiger partial charge in [0.15, 0.2) is 5.82 Å². The van der Waals surface area contributed by atoms with Crippen LogP contribution in [0.5, 0.6) is 0 Å². The van der Waals surface area contributed by atoms with Gasteiger partial charge >= 0.3 is 6.09 Å². The Morgan fingerprint density at radius 3 is 2.87 bits per heavy atom. The molecule has 0 aliphatic carbocycles. The topological polar surface area (TPSA) is 67.6 Å². The molecule has 7 heteroatoms. The van der Waals surface area contributed by atoms with E-state index in [1.54, 1.807) is 6.07 Å². The van der Waals surface area contributed by atoms with E-state index in [0.29, 0.717) is 18.8 Å². The SMILES string of the molecule is CC(C)(C)OC(=O)NCC1CCN(c2ccc(N)c(F)c2Cl)C1. The van der Waals surface area contributed by atoms with Crippen molar-refractivity contribution in [1.82, 2.24) is 5.32 Å². The van der Waals surface area contributed by atoms with Crippen molar-refractivity contribution in [2.75, 3.05) is 30.3 Å². The number of carbonyl (C=O) groups excluding carboxylic acids is 1. The van der Waals surface area contributed by atoms with Crippen LogP contribution in [0.15, 0.2) is 12.1 Å². The lowest BCUT2D eigenvalue weighted by Gasteiger charge is -2.22. The minimum atomic E-state index is -0.584. The summed E-state index contributed by atoms with van der Waals surface area (Å²) in [5.41, 5.74) is 5.67. The van der Waals surface area contributed by atoms with Crippen molar-refractivity contribution in [1.29, 1.82) is 0 Å². The van der Waals surface area contributed by atoms with Crippen LogP contribution in [0.1, 0.15) is 27.2 Å². The first kappa shape index (κ1) is 17.7. The van der Waals surface area contributed by atoms with Crippen molar-refractivity contribution in [2.24, 2.45) is 5.92 Å². The van der Waals surface area contributed by atoms with E-state index in [1.807, 2.05) is 25.7 Å². The molecule has 1 aromatic carbocycles. The number of halogens is 2. The third kappa shape index (κ3) is 4.64. The van der Waals surface area contributed by atoms with E-state index in [9.17, 15) is 9.18 Å². The lowest BCUT2D eigenvalue weighted by atomic mass is 10.1. The van der Waals surface area contributed by atoms with Crippen LogP contribution in [0.2, 0.25) is 5.02 Å². The molecule has 1 heterocycles. The Kier molecular flexibility index (Phi) is 5.24. The van der Waals surface area contributed by atoms with Crippen LogP contribution < -0.4 is 16.0 Å². The zero-order valence-electron chi connectivity index (χ0n) is 13.7. The largest absolute Gasteiger partial charge is 0.444 e. The standard InChI is InChI=1S/C16H23ClFN3O2/c1-16(2,3)23-15(22)20-8-10-6-7-21(9-10)12-5-4-11(19)14(18)13(12)17/h4-5,10H,6-9,19H2,1-3H3,(H,20,22). The third-order valence-corrected chi connectivity index (χ3v) is 4.01. The van der Waals surface area contributed by atoms with Gasteiger partial charge in [0.2, 0.25) is 0 Å². The van der Waals surface area contributed by atoms with E-state index in [4.69, 9.17) is 22.1 Å². The molecule has 1 saturated heterocycles. The van der Waals surface area contributed by atoms with Gasteiger partial charge in [0.05, 0.1) is 11.4 Å². The highest BCUT2D eigenvalue weighted by Crippen LogP contribution is 2.34. The summed E-state index contributed by atoms with van der Waals surface area (Å²) in [4.78, 5) is 13.7. The molecular formula is C16H23ClFN3O2. The molecule has 0 aromatic heterocycles. The molecule has 0 saturated carbocycles. The number of nitrogens with two attached hydrogens (primary N) is 1. The predicted octanol–water partition coefficient (Wildman–Crippen LogP) is 3.41. The lowest BCUT2D eigenvalue weighted by Crippen LogP contribution is -2.36. The van der Waals surface area contributed by atoms with Gasteiger partial charge in [0, 0.05) is 19.6 Å². The highest BCUT2D eigenvalue weighted by molar-refractivity contribution is 6.33. The Bertz CT molecular complexity index is 589. The molecule has 23 heavy (non-hydrogen) atoms. The number of alkyl carbamates (subject to hydrolysis) is 1. The molecule has 1 unspecified atom stereocenters. The van der Waals surface area contributed by atoms with Crippen molar-refractivity contribution in [2.45, 2.75) is 32.8 Å². The summed E-state index contributed by atoms with van der Waals surface area (Å²) in [7, 11) is 0. The average Bonchev–Trinajstić information content (AvgIpc) is 2.89. The fraction of sp³-hybridized carbons (Fsp3) is 0.562. The maximum absolute atomic E-state index is 13.8. The van der Waals surface area contributed by atoms with Crippen LogP contribution in [0, 0.1) is 11.7 Å². The smallest absolute Gasteiger partial charge is 0.407 e. The number of nitrogens with one attached hydrogen (secondary N) is 1. The maximum Gasteiger partial charge on any atom is 0.407 e. The van der Waals surface area contributed by atoms with Gasteiger partial charge in [-0.2, -0.15) is 0 Å². The molecule has 0 bridgehead atoms. The van der Waals surface area contributed by atoms with Crippen molar-refractivity contribution >= 4 is 29.1 Å². The molecule has 5 nitrogen and oxygen atoms in total. The molecule has 1 aliphatic rings. The Balaban J connectivity index is 1.90. The van der Waals surface area contributed by atoms with Crippen molar-refractivity contribution in [3.05, 3.63) is 23.0 Å². The number of benzene rings is 1. The van der Waals surface area contributed by atoms with E-state index in [-0.39, 0.29) is 16.6 Å².